The largest absolute Gasteiger partial charge is 0.339 e. The van der Waals surface area contributed by atoms with Crippen LogP contribution in [0, 0.1) is 6.92 Å². The van der Waals surface area contributed by atoms with E-state index in [2.05, 4.69) is 55.5 Å². The molecule has 1 unspecified atom stereocenters. The summed E-state index contributed by atoms with van der Waals surface area (Å²) in [5, 5.41) is 4.54. The topological polar surface area (TPSA) is 66.8 Å². The number of benzene rings is 1. The van der Waals surface area contributed by atoms with Gasteiger partial charge in [0.05, 0.1) is 23.4 Å². The maximum absolute atomic E-state index is 4.87. The molecule has 3 aromatic heterocycles. The lowest BCUT2D eigenvalue weighted by atomic mass is 10.1. The van der Waals surface area contributed by atoms with Crippen LogP contribution in [0.15, 0.2) is 67.3 Å². The molecule has 5 rings (SSSR count). The fourth-order valence-electron chi connectivity index (χ4n) is 4.26. The lowest BCUT2D eigenvalue weighted by molar-refractivity contribution is 0.244. The van der Waals surface area contributed by atoms with Gasteiger partial charge in [0.2, 0.25) is 0 Å². The van der Waals surface area contributed by atoms with Crippen LogP contribution in [-0.4, -0.2) is 31.4 Å². The highest BCUT2D eigenvalue weighted by molar-refractivity contribution is 5.78. The van der Waals surface area contributed by atoms with E-state index >= 15 is 0 Å². The lowest BCUT2D eigenvalue weighted by Gasteiger charge is -2.25. The van der Waals surface area contributed by atoms with E-state index in [9.17, 15) is 0 Å². The van der Waals surface area contributed by atoms with Gasteiger partial charge in [-0.1, -0.05) is 12.1 Å². The second-order valence-electron chi connectivity index (χ2n) is 7.80. The van der Waals surface area contributed by atoms with Gasteiger partial charge in [-0.05, 0) is 62.2 Å². The normalized spacial score (nSPS) is 16.8. The molecule has 1 fully saturated rings. The Morgan fingerprint density at radius 2 is 2.03 bits per heavy atom. The molecule has 0 aliphatic carbocycles. The summed E-state index contributed by atoms with van der Waals surface area (Å²) in [4.78, 5) is 20.3. The summed E-state index contributed by atoms with van der Waals surface area (Å²) >= 11 is 0. The molecule has 0 amide bonds. The predicted molar refractivity (Wildman–Crippen MR) is 118 cm³/mol. The SMILES string of the molecule is Cc1cc(Nc2cnccn2)cc(C2CCCN2Cc2ccc3ncccc3c2)n1. The second-order valence-corrected chi connectivity index (χ2v) is 7.80. The Kier molecular flexibility index (Phi) is 5.07. The zero-order valence-electron chi connectivity index (χ0n) is 17.0. The molecule has 4 heterocycles. The van der Waals surface area contributed by atoms with Crippen molar-refractivity contribution in [1.82, 2.24) is 24.8 Å². The lowest BCUT2D eigenvalue weighted by Crippen LogP contribution is -2.23. The van der Waals surface area contributed by atoms with E-state index in [1.165, 1.54) is 17.4 Å². The number of nitrogens with one attached hydrogen (secondary N) is 1. The first-order valence-electron chi connectivity index (χ1n) is 10.3. The summed E-state index contributed by atoms with van der Waals surface area (Å²) in [5.74, 6) is 0.738. The van der Waals surface area contributed by atoms with Gasteiger partial charge in [0, 0.05) is 41.9 Å². The van der Waals surface area contributed by atoms with Crippen LogP contribution in [0.2, 0.25) is 0 Å². The molecular formula is C24H24N6. The van der Waals surface area contributed by atoms with E-state index < -0.39 is 0 Å². The molecule has 1 aliphatic heterocycles. The van der Waals surface area contributed by atoms with E-state index in [4.69, 9.17) is 4.98 Å². The van der Waals surface area contributed by atoms with Gasteiger partial charge in [0.1, 0.15) is 5.82 Å². The predicted octanol–water partition coefficient (Wildman–Crippen LogP) is 4.81. The molecule has 4 aromatic rings. The maximum atomic E-state index is 4.87. The van der Waals surface area contributed by atoms with Crippen LogP contribution in [0.25, 0.3) is 10.9 Å². The third kappa shape index (κ3) is 4.00. The van der Waals surface area contributed by atoms with Crippen molar-refractivity contribution in [3.8, 4) is 0 Å². The fraction of sp³-hybridized carbons (Fsp3) is 0.250. The van der Waals surface area contributed by atoms with Crippen LogP contribution < -0.4 is 5.32 Å². The Balaban J connectivity index is 1.38. The highest BCUT2D eigenvalue weighted by Gasteiger charge is 2.27. The zero-order chi connectivity index (χ0) is 20.3. The van der Waals surface area contributed by atoms with Crippen molar-refractivity contribution in [2.24, 2.45) is 0 Å². The number of aromatic nitrogens is 4. The first-order valence-corrected chi connectivity index (χ1v) is 10.3. The Morgan fingerprint density at radius 3 is 2.93 bits per heavy atom. The molecule has 1 aliphatic rings. The molecule has 1 N–H and O–H groups in total. The van der Waals surface area contributed by atoms with E-state index in [0.717, 1.165) is 47.9 Å². The Labute approximate surface area is 176 Å². The number of hydrogen-bond acceptors (Lipinski definition) is 6. The van der Waals surface area contributed by atoms with E-state index in [-0.39, 0.29) is 0 Å². The fourth-order valence-corrected chi connectivity index (χ4v) is 4.26. The molecule has 6 heteroatoms. The Morgan fingerprint density at radius 1 is 1.07 bits per heavy atom. The minimum atomic E-state index is 0.317. The van der Waals surface area contributed by atoms with Crippen molar-refractivity contribution >= 4 is 22.4 Å². The molecule has 0 bridgehead atoms. The van der Waals surface area contributed by atoms with Crippen LogP contribution in [-0.2, 0) is 6.54 Å². The molecule has 1 saturated heterocycles. The standard InChI is InChI=1S/C24H24N6/c1-17-12-20(29-24-15-25-9-10-27-24)14-22(28-17)23-5-3-11-30(23)16-18-6-7-21-19(13-18)4-2-8-26-21/h2,4,6-10,12-15,23H,3,5,11,16H2,1H3,(H,27,28,29). The number of likely N-dealkylation sites (tertiary alicyclic amines) is 1. The number of anilines is 2. The van der Waals surface area contributed by atoms with Gasteiger partial charge in [-0.25, -0.2) is 4.98 Å². The van der Waals surface area contributed by atoms with E-state index in [1.54, 1.807) is 18.6 Å². The zero-order valence-corrected chi connectivity index (χ0v) is 17.0. The van der Waals surface area contributed by atoms with Crippen LogP contribution in [0.3, 0.4) is 0 Å². The van der Waals surface area contributed by atoms with Crippen molar-refractivity contribution in [2.45, 2.75) is 32.4 Å². The first kappa shape index (κ1) is 18.6. The van der Waals surface area contributed by atoms with Crippen molar-refractivity contribution in [2.75, 3.05) is 11.9 Å². The van der Waals surface area contributed by atoms with Crippen LogP contribution >= 0.6 is 0 Å². The van der Waals surface area contributed by atoms with Crippen molar-refractivity contribution in [3.63, 3.8) is 0 Å². The molecule has 1 aromatic carbocycles. The third-order valence-electron chi connectivity index (χ3n) is 5.57. The van der Waals surface area contributed by atoms with Gasteiger partial charge in [-0.3, -0.25) is 19.9 Å². The molecular weight excluding hydrogens is 372 g/mol. The Hall–Kier alpha value is -3.38. The van der Waals surface area contributed by atoms with Gasteiger partial charge in [0.25, 0.3) is 0 Å². The van der Waals surface area contributed by atoms with Crippen molar-refractivity contribution < 1.29 is 0 Å². The molecule has 6 nitrogen and oxygen atoms in total. The van der Waals surface area contributed by atoms with Crippen molar-refractivity contribution in [1.29, 1.82) is 0 Å². The quantitative estimate of drug-likeness (QED) is 0.522. The number of rotatable bonds is 5. The highest BCUT2D eigenvalue weighted by Crippen LogP contribution is 2.34. The summed E-state index contributed by atoms with van der Waals surface area (Å²) in [6, 6.07) is 15.2. The van der Waals surface area contributed by atoms with Gasteiger partial charge >= 0.3 is 0 Å². The van der Waals surface area contributed by atoms with Gasteiger partial charge in [-0.2, -0.15) is 0 Å². The summed E-state index contributed by atoms with van der Waals surface area (Å²) in [7, 11) is 0. The number of pyridine rings is 2. The third-order valence-corrected chi connectivity index (χ3v) is 5.57. The van der Waals surface area contributed by atoms with Crippen LogP contribution in [0.1, 0.15) is 35.8 Å². The van der Waals surface area contributed by atoms with Gasteiger partial charge in [-0.15, -0.1) is 0 Å². The summed E-state index contributed by atoms with van der Waals surface area (Å²) < 4.78 is 0. The number of aryl methyl sites for hydroxylation is 1. The van der Waals surface area contributed by atoms with E-state index in [1.807, 2.05) is 25.3 Å². The molecule has 0 saturated carbocycles. The number of hydrogen-bond donors (Lipinski definition) is 1. The molecule has 30 heavy (non-hydrogen) atoms. The Bertz CT molecular complexity index is 1160. The van der Waals surface area contributed by atoms with Crippen molar-refractivity contribution in [3.05, 3.63) is 84.2 Å². The average molecular weight is 396 g/mol. The number of nitrogens with zero attached hydrogens (tertiary/aromatic N) is 5. The van der Waals surface area contributed by atoms with Crippen LogP contribution in [0.4, 0.5) is 11.5 Å². The smallest absolute Gasteiger partial charge is 0.148 e. The minimum Gasteiger partial charge on any atom is -0.339 e. The molecule has 1 atom stereocenters. The minimum absolute atomic E-state index is 0.317. The maximum Gasteiger partial charge on any atom is 0.148 e. The summed E-state index contributed by atoms with van der Waals surface area (Å²) in [5.41, 5.74) is 5.47. The number of fused-ring (bicyclic) bond motifs is 1. The molecule has 0 radical (unpaired) electrons. The van der Waals surface area contributed by atoms with Gasteiger partial charge in [0.15, 0.2) is 0 Å². The molecule has 0 spiro atoms. The monoisotopic (exact) mass is 396 g/mol. The first-order chi connectivity index (χ1) is 14.7. The van der Waals surface area contributed by atoms with Gasteiger partial charge < -0.3 is 5.32 Å². The summed E-state index contributed by atoms with van der Waals surface area (Å²) in [6.07, 6.45) is 9.24. The highest BCUT2D eigenvalue weighted by atomic mass is 15.2. The summed E-state index contributed by atoms with van der Waals surface area (Å²) in [6.45, 7) is 4.04. The van der Waals surface area contributed by atoms with Crippen LogP contribution in [0.5, 0.6) is 0 Å². The molecule has 150 valence electrons. The van der Waals surface area contributed by atoms with E-state index in [0.29, 0.717) is 6.04 Å². The second kappa shape index (κ2) is 8.16. The average Bonchev–Trinajstić information content (AvgIpc) is 3.22.